The fourth-order valence-corrected chi connectivity index (χ4v) is 6.64. The van der Waals surface area contributed by atoms with E-state index in [0.29, 0.717) is 16.9 Å². The van der Waals surface area contributed by atoms with Gasteiger partial charge in [-0.25, -0.2) is 4.79 Å². The third-order valence-electron chi connectivity index (χ3n) is 5.73. The van der Waals surface area contributed by atoms with Gasteiger partial charge in [0.25, 0.3) is 5.69 Å². The second-order valence-corrected chi connectivity index (χ2v) is 15.3. The average Bonchev–Trinajstić information content (AvgIpc) is 3.10. The van der Waals surface area contributed by atoms with Crippen LogP contribution in [0.15, 0.2) is 51.0 Å². The maximum absolute atomic E-state index is 13.2. The van der Waals surface area contributed by atoms with E-state index >= 15 is 0 Å². The molecule has 0 spiro atoms. The van der Waals surface area contributed by atoms with Crippen LogP contribution in [0, 0.1) is 16.0 Å². The molecule has 1 aromatic rings. The van der Waals surface area contributed by atoms with Gasteiger partial charge in [0.15, 0.2) is 8.32 Å². The van der Waals surface area contributed by atoms with Crippen molar-refractivity contribution in [2.45, 2.75) is 58.7 Å². The van der Waals surface area contributed by atoms with Gasteiger partial charge < -0.3 is 14.1 Å². The first-order chi connectivity index (χ1) is 16.9. The average molecular weight is 532 g/mol. The number of carbonyl (C=O) groups excluding carboxylic acids is 2. The van der Waals surface area contributed by atoms with E-state index < -0.39 is 19.2 Å². The predicted molar refractivity (Wildman–Crippen MR) is 138 cm³/mol. The minimum Gasteiger partial charge on any atom is -0.456 e. The largest absolute Gasteiger partial charge is 0.456 e. The number of allylic oxidation sites excluding steroid dienone is 1. The summed E-state index contributed by atoms with van der Waals surface area (Å²) in [5, 5.41) is 14.4. The number of thioether (sulfide) groups is 1. The number of nitrogens with zero attached hydrogens (tertiary/aromatic N) is 5. The number of esters is 1. The van der Waals surface area contributed by atoms with Gasteiger partial charge in [-0.05, 0) is 61.6 Å². The summed E-state index contributed by atoms with van der Waals surface area (Å²) in [5.74, 6) is -1.15. The Morgan fingerprint density at radius 3 is 2.64 bits per heavy atom. The van der Waals surface area contributed by atoms with Gasteiger partial charge in [0.05, 0.1) is 23.0 Å². The number of amides is 1. The summed E-state index contributed by atoms with van der Waals surface area (Å²) >= 11 is 1.35. The zero-order valence-corrected chi connectivity index (χ0v) is 22.7. The number of azide groups is 1. The molecule has 1 amide bonds. The molecule has 13 heteroatoms. The van der Waals surface area contributed by atoms with E-state index in [-0.39, 0.29) is 48.5 Å². The molecule has 3 rings (SSSR count). The molecule has 0 unspecified atom stereocenters. The molecule has 2 aliphatic rings. The van der Waals surface area contributed by atoms with E-state index in [9.17, 15) is 19.7 Å². The van der Waals surface area contributed by atoms with Crippen LogP contribution in [-0.2, 0) is 25.4 Å². The van der Waals surface area contributed by atoms with Crippen molar-refractivity contribution < 1.29 is 23.7 Å². The SMILES string of the molecule is CC(=CCN=[N+]=[N-])SC1=C(C(=O)OCc2ccc([N+](=O)[O-])cc2)N2C(=O)[C@@H]([C@H](C)O[Si](C)(C)C)[C@H]2C1. The molecule has 36 heavy (non-hydrogen) atoms. The minimum atomic E-state index is -1.87. The molecule has 1 aromatic carbocycles. The summed E-state index contributed by atoms with van der Waals surface area (Å²) in [6.45, 7) is 10.0. The van der Waals surface area contributed by atoms with Gasteiger partial charge in [0.2, 0.25) is 5.91 Å². The number of β-lactam (4-membered cyclic amide) rings is 1. The highest BCUT2D eigenvalue weighted by Crippen LogP contribution is 2.49. The first-order valence-corrected chi connectivity index (χ1v) is 15.7. The van der Waals surface area contributed by atoms with Gasteiger partial charge >= 0.3 is 5.97 Å². The molecule has 0 saturated carbocycles. The maximum atomic E-state index is 13.2. The standard InChI is InChI=1S/C23H29N5O6SSi/c1-14(10-11-25-26-24)35-19-12-18-20(15(2)34-36(3,4)5)22(29)27(18)21(19)23(30)33-13-16-6-8-17(9-7-16)28(31)32/h6-10,15,18,20H,11-13H2,1-5H3/t15-,18+,20-/m0/s1. The Morgan fingerprint density at radius 1 is 1.39 bits per heavy atom. The lowest BCUT2D eigenvalue weighted by Gasteiger charge is -2.47. The molecule has 0 radical (unpaired) electrons. The molecule has 0 N–H and O–H groups in total. The van der Waals surface area contributed by atoms with Crippen LogP contribution in [0.5, 0.6) is 0 Å². The highest BCUT2D eigenvalue weighted by molar-refractivity contribution is 8.06. The summed E-state index contributed by atoms with van der Waals surface area (Å²) in [5.41, 5.74) is 9.26. The number of benzene rings is 1. The van der Waals surface area contributed by atoms with E-state index in [1.54, 1.807) is 6.08 Å². The molecule has 0 bridgehead atoms. The summed E-state index contributed by atoms with van der Waals surface area (Å²) in [6.07, 6.45) is 1.98. The normalized spacial score (nSPS) is 20.4. The molecular weight excluding hydrogens is 502 g/mol. The molecule has 192 valence electrons. The van der Waals surface area contributed by atoms with Crippen molar-refractivity contribution in [2.75, 3.05) is 6.54 Å². The number of fused-ring (bicyclic) bond motifs is 1. The Bertz CT molecular complexity index is 1160. The van der Waals surface area contributed by atoms with Gasteiger partial charge in [0.1, 0.15) is 12.3 Å². The quantitative estimate of drug-likeness (QED) is 0.0552. The molecule has 3 atom stereocenters. The van der Waals surface area contributed by atoms with Crippen molar-refractivity contribution in [3.63, 3.8) is 0 Å². The third kappa shape index (κ3) is 6.35. The van der Waals surface area contributed by atoms with Crippen molar-refractivity contribution in [1.29, 1.82) is 0 Å². The fraction of sp³-hybridized carbons (Fsp3) is 0.478. The third-order valence-corrected chi connectivity index (χ3v) is 7.91. The number of nitro groups is 1. The lowest BCUT2D eigenvalue weighted by atomic mass is 9.83. The smallest absolute Gasteiger partial charge is 0.356 e. The second-order valence-electron chi connectivity index (χ2n) is 9.54. The summed E-state index contributed by atoms with van der Waals surface area (Å²) in [6, 6.07) is 5.54. The molecule has 2 aliphatic heterocycles. The molecule has 0 aliphatic carbocycles. The first kappa shape index (κ1) is 27.5. The van der Waals surface area contributed by atoms with Crippen molar-refractivity contribution in [3.8, 4) is 0 Å². The number of hydrogen-bond donors (Lipinski definition) is 0. The van der Waals surface area contributed by atoms with Crippen LogP contribution in [0.1, 0.15) is 25.8 Å². The number of ether oxygens (including phenoxy) is 1. The highest BCUT2D eigenvalue weighted by Gasteiger charge is 2.57. The lowest BCUT2D eigenvalue weighted by Crippen LogP contribution is -2.63. The van der Waals surface area contributed by atoms with Gasteiger partial charge in [-0.1, -0.05) is 23.0 Å². The van der Waals surface area contributed by atoms with Crippen LogP contribution in [0.3, 0.4) is 0 Å². The first-order valence-electron chi connectivity index (χ1n) is 11.4. The van der Waals surface area contributed by atoms with Crippen molar-refractivity contribution in [2.24, 2.45) is 11.0 Å². The van der Waals surface area contributed by atoms with E-state index in [0.717, 1.165) is 4.91 Å². The molecule has 1 fully saturated rings. The Balaban J connectivity index is 1.80. The van der Waals surface area contributed by atoms with Crippen LogP contribution in [0.2, 0.25) is 19.6 Å². The van der Waals surface area contributed by atoms with Crippen LogP contribution >= 0.6 is 11.8 Å². The van der Waals surface area contributed by atoms with Crippen LogP contribution in [0.4, 0.5) is 5.69 Å². The zero-order chi connectivity index (χ0) is 26.6. The Hall–Kier alpha value is -3.12. The number of non-ortho nitro benzene ring substituents is 1. The molecule has 2 heterocycles. The Morgan fingerprint density at radius 2 is 2.06 bits per heavy atom. The maximum Gasteiger partial charge on any atom is 0.356 e. The van der Waals surface area contributed by atoms with E-state index in [4.69, 9.17) is 14.7 Å². The van der Waals surface area contributed by atoms with E-state index in [1.807, 2.05) is 13.8 Å². The van der Waals surface area contributed by atoms with Gasteiger partial charge in [0, 0.05) is 34.9 Å². The predicted octanol–water partition coefficient (Wildman–Crippen LogP) is 5.27. The fourth-order valence-electron chi connectivity index (χ4n) is 4.30. The number of nitro benzene ring substituents is 1. The highest BCUT2D eigenvalue weighted by atomic mass is 32.2. The van der Waals surface area contributed by atoms with Gasteiger partial charge in [-0.15, -0.1) is 0 Å². The number of carbonyl (C=O) groups is 2. The van der Waals surface area contributed by atoms with Gasteiger partial charge in [-0.3, -0.25) is 14.9 Å². The van der Waals surface area contributed by atoms with Crippen LogP contribution in [0.25, 0.3) is 10.4 Å². The summed E-state index contributed by atoms with van der Waals surface area (Å²) < 4.78 is 11.7. The summed E-state index contributed by atoms with van der Waals surface area (Å²) in [4.78, 5) is 42.5. The number of rotatable bonds is 11. The van der Waals surface area contributed by atoms with Crippen molar-refractivity contribution in [3.05, 3.63) is 72.0 Å². The van der Waals surface area contributed by atoms with Crippen molar-refractivity contribution >= 4 is 37.6 Å². The number of hydrogen-bond acceptors (Lipinski definition) is 8. The summed E-state index contributed by atoms with van der Waals surface area (Å²) in [7, 11) is -1.87. The topological polar surface area (TPSA) is 148 Å². The monoisotopic (exact) mass is 531 g/mol. The van der Waals surface area contributed by atoms with E-state index in [1.165, 1.54) is 40.9 Å². The van der Waals surface area contributed by atoms with Crippen LogP contribution < -0.4 is 0 Å². The molecular formula is C23H29N5O6SSi. The minimum absolute atomic E-state index is 0.0556. The van der Waals surface area contributed by atoms with E-state index in [2.05, 4.69) is 29.7 Å². The van der Waals surface area contributed by atoms with Crippen molar-refractivity contribution in [1.82, 2.24) is 4.90 Å². The zero-order valence-electron chi connectivity index (χ0n) is 20.8. The molecule has 11 nitrogen and oxygen atoms in total. The molecule has 1 saturated heterocycles. The second kappa shape index (κ2) is 11.3. The Labute approximate surface area is 214 Å². The van der Waals surface area contributed by atoms with Crippen LogP contribution in [-0.4, -0.2) is 48.7 Å². The van der Waals surface area contributed by atoms with Gasteiger partial charge in [-0.2, -0.15) is 0 Å². The Kier molecular flexibility index (Phi) is 8.62. The lowest BCUT2D eigenvalue weighted by molar-refractivity contribution is -0.384. The molecule has 0 aromatic heterocycles.